The maximum absolute atomic E-state index is 12.2. The molecule has 2 rings (SSSR count). The van der Waals surface area contributed by atoms with E-state index in [1.807, 2.05) is 35.2 Å². The molecule has 1 saturated heterocycles. The summed E-state index contributed by atoms with van der Waals surface area (Å²) in [6, 6.07) is 10.3. The van der Waals surface area contributed by atoms with E-state index in [4.69, 9.17) is 0 Å². The molecule has 1 aromatic carbocycles. The number of likely N-dealkylation sites (tertiary alicyclic amines) is 1. The Morgan fingerprint density at radius 2 is 1.76 bits per heavy atom. The largest absolute Gasteiger partial charge is 0.322 e. The number of carbonyl (C=O) groups is 1. The number of benzene rings is 1. The normalized spacial score (nSPS) is 24.5. The molecule has 0 aliphatic carbocycles. The molecule has 3 nitrogen and oxygen atoms in total. The lowest BCUT2D eigenvalue weighted by Gasteiger charge is -2.38. The summed E-state index contributed by atoms with van der Waals surface area (Å²) in [5, 5.41) is 2.96. The van der Waals surface area contributed by atoms with Gasteiger partial charge in [-0.05, 0) is 45.2 Å². The van der Waals surface area contributed by atoms with Gasteiger partial charge in [-0.25, -0.2) is 4.79 Å². The van der Waals surface area contributed by atoms with E-state index in [0.717, 1.165) is 18.5 Å². The number of anilines is 1. The molecule has 3 heteroatoms. The number of piperidine rings is 1. The third kappa shape index (κ3) is 2.78. The first-order valence-electron chi connectivity index (χ1n) is 6.33. The molecule has 1 heterocycles. The minimum atomic E-state index is 0.0240. The van der Waals surface area contributed by atoms with Gasteiger partial charge in [-0.3, -0.25) is 0 Å². The summed E-state index contributed by atoms with van der Waals surface area (Å²) in [6.07, 6.45) is 3.43. The fraction of sp³-hybridized carbons (Fsp3) is 0.500. The lowest BCUT2D eigenvalue weighted by atomic mass is 9.98. The van der Waals surface area contributed by atoms with E-state index in [2.05, 4.69) is 19.2 Å². The number of amides is 2. The van der Waals surface area contributed by atoms with E-state index in [1.165, 1.54) is 6.42 Å². The summed E-state index contributed by atoms with van der Waals surface area (Å²) in [4.78, 5) is 14.2. The van der Waals surface area contributed by atoms with E-state index in [1.54, 1.807) is 0 Å². The third-order valence-electron chi connectivity index (χ3n) is 3.45. The van der Waals surface area contributed by atoms with E-state index in [-0.39, 0.29) is 6.03 Å². The van der Waals surface area contributed by atoms with E-state index in [9.17, 15) is 4.79 Å². The first-order valence-corrected chi connectivity index (χ1v) is 6.33. The highest BCUT2D eigenvalue weighted by Gasteiger charge is 2.28. The Labute approximate surface area is 103 Å². The van der Waals surface area contributed by atoms with Crippen molar-refractivity contribution in [3.05, 3.63) is 30.3 Å². The minimum Gasteiger partial charge on any atom is -0.319 e. The summed E-state index contributed by atoms with van der Waals surface area (Å²) in [5.74, 6) is 0. The Morgan fingerprint density at radius 3 is 2.35 bits per heavy atom. The maximum atomic E-state index is 12.2. The van der Waals surface area contributed by atoms with Gasteiger partial charge < -0.3 is 10.2 Å². The second kappa shape index (κ2) is 5.21. The van der Waals surface area contributed by atoms with Crippen molar-refractivity contribution in [1.29, 1.82) is 0 Å². The molecule has 1 aliphatic heterocycles. The molecule has 0 spiro atoms. The molecule has 2 atom stereocenters. The van der Waals surface area contributed by atoms with Gasteiger partial charge in [0.15, 0.2) is 0 Å². The van der Waals surface area contributed by atoms with Gasteiger partial charge in [0.1, 0.15) is 0 Å². The standard InChI is InChI=1S/C14H20N2O/c1-11-7-6-8-12(2)16(11)14(17)15-13-9-4-3-5-10-13/h3-5,9-12H,6-8H2,1-2H3,(H,15,17)/t11-,12-/m1/s1. The zero-order valence-electron chi connectivity index (χ0n) is 10.5. The molecule has 0 radical (unpaired) electrons. The van der Waals surface area contributed by atoms with Gasteiger partial charge in [0.25, 0.3) is 0 Å². The lowest BCUT2D eigenvalue weighted by Crippen LogP contribution is -2.49. The summed E-state index contributed by atoms with van der Waals surface area (Å²) in [5.41, 5.74) is 0.863. The predicted molar refractivity (Wildman–Crippen MR) is 70.1 cm³/mol. The van der Waals surface area contributed by atoms with Crippen molar-refractivity contribution in [3.8, 4) is 0 Å². The van der Waals surface area contributed by atoms with Gasteiger partial charge in [-0.15, -0.1) is 0 Å². The zero-order valence-corrected chi connectivity index (χ0v) is 10.5. The predicted octanol–water partition coefficient (Wildman–Crippen LogP) is 3.48. The Bertz CT molecular complexity index is 367. The number of rotatable bonds is 1. The van der Waals surface area contributed by atoms with Crippen LogP contribution >= 0.6 is 0 Å². The summed E-state index contributed by atoms with van der Waals surface area (Å²) >= 11 is 0. The molecule has 0 unspecified atom stereocenters. The van der Waals surface area contributed by atoms with Crippen LogP contribution in [0.3, 0.4) is 0 Å². The van der Waals surface area contributed by atoms with Crippen LogP contribution in [0.2, 0.25) is 0 Å². The lowest BCUT2D eigenvalue weighted by molar-refractivity contribution is 0.133. The number of urea groups is 1. The van der Waals surface area contributed by atoms with Gasteiger partial charge in [0, 0.05) is 17.8 Å². The average molecular weight is 232 g/mol. The van der Waals surface area contributed by atoms with Crippen LogP contribution in [-0.4, -0.2) is 23.0 Å². The summed E-state index contributed by atoms with van der Waals surface area (Å²) < 4.78 is 0. The zero-order chi connectivity index (χ0) is 12.3. The number of hydrogen-bond acceptors (Lipinski definition) is 1. The molecule has 1 N–H and O–H groups in total. The number of nitrogens with zero attached hydrogens (tertiary/aromatic N) is 1. The van der Waals surface area contributed by atoms with Gasteiger partial charge in [0.05, 0.1) is 0 Å². The van der Waals surface area contributed by atoms with Crippen molar-refractivity contribution in [1.82, 2.24) is 4.90 Å². The average Bonchev–Trinajstić information content (AvgIpc) is 2.30. The second-order valence-corrected chi connectivity index (χ2v) is 4.83. The second-order valence-electron chi connectivity index (χ2n) is 4.83. The highest BCUT2D eigenvalue weighted by atomic mass is 16.2. The first kappa shape index (κ1) is 12.0. The highest BCUT2D eigenvalue weighted by molar-refractivity contribution is 5.89. The maximum Gasteiger partial charge on any atom is 0.322 e. The SMILES string of the molecule is C[C@@H]1CCC[C@@H](C)N1C(=O)Nc1ccccc1. The molecule has 1 fully saturated rings. The van der Waals surface area contributed by atoms with Crippen LogP contribution < -0.4 is 5.32 Å². The van der Waals surface area contributed by atoms with Gasteiger partial charge in [-0.2, -0.15) is 0 Å². The molecule has 0 saturated carbocycles. The Morgan fingerprint density at radius 1 is 1.18 bits per heavy atom. The van der Waals surface area contributed by atoms with Crippen LogP contribution in [0.1, 0.15) is 33.1 Å². The number of nitrogens with one attached hydrogen (secondary N) is 1. The fourth-order valence-corrected chi connectivity index (χ4v) is 2.53. The van der Waals surface area contributed by atoms with Gasteiger partial charge in [-0.1, -0.05) is 18.2 Å². The Balaban J connectivity index is 2.04. The first-order chi connectivity index (χ1) is 8.18. The highest BCUT2D eigenvalue weighted by Crippen LogP contribution is 2.23. The van der Waals surface area contributed by atoms with E-state index >= 15 is 0 Å². The molecule has 17 heavy (non-hydrogen) atoms. The number of para-hydroxylation sites is 1. The molecular weight excluding hydrogens is 212 g/mol. The van der Waals surface area contributed by atoms with Crippen molar-refractivity contribution in [3.63, 3.8) is 0 Å². The van der Waals surface area contributed by atoms with E-state index < -0.39 is 0 Å². The summed E-state index contributed by atoms with van der Waals surface area (Å²) in [6.45, 7) is 4.25. The molecule has 2 amide bonds. The molecular formula is C14H20N2O. The number of carbonyl (C=O) groups excluding carboxylic acids is 1. The van der Waals surface area contributed by atoms with Crippen molar-refractivity contribution >= 4 is 11.7 Å². The Hall–Kier alpha value is -1.51. The fourth-order valence-electron chi connectivity index (χ4n) is 2.53. The minimum absolute atomic E-state index is 0.0240. The Kier molecular flexibility index (Phi) is 3.67. The van der Waals surface area contributed by atoms with Gasteiger partial charge in [0.2, 0.25) is 0 Å². The van der Waals surface area contributed by atoms with Crippen LogP contribution in [0, 0.1) is 0 Å². The quantitative estimate of drug-likeness (QED) is 0.790. The van der Waals surface area contributed by atoms with Gasteiger partial charge >= 0.3 is 6.03 Å². The van der Waals surface area contributed by atoms with Crippen LogP contribution in [0.4, 0.5) is 10.5 Å². The molecule has 1 aromatic rings. The van der Waals surface area contributed by atoms with E-state index in [0.29, 0.717) is 12.1 Å². The molecule has 1 aliphatic rings. The van der Waals surface area contributed by atoms with Crippen LogP contribution in [-0.2, 0) is 0 Å². The molecule has 0 bridgehead atoms. The van der Waals surface area contributed by atoms with Crippen molar-refractivity contribution < 1.29 is 4.79 Å². The van der Waals surface area contributed by atoms with Crippen molar-refractivity contribution in [2.75, 3.05) is 5.32 Å². The molecule has 0 aromatic heterocycles. The smallest absolute Gasteiger partial charge is 0.319 e. The van der Waals surface area contributed by atoms with Crippen LogP contribution in [0.15, 0.2) is 30.3 Å². The number of hydrogen-bond donors (Lipinski definition) is 1. The summed E-state index contributed by atoms with van der Waals surface area (Å²) in [7, 11) is 0. The monoisotopic (exact) mass is 232 g/mol. The van der Waals surface area contributed by atoms with Crippen LogP contribution in [0.5, 0.6) is 0 Å². The topological polar surface area (TPSA) is 32.3 Å². The van der Waals surface area contributed by atoms with Crippen molar-refractivity contribution in [2.45, 2.75) is 45.2 Å². The van der Waals surface area contributed by atoms with Crippen molar-refractivity contribution in [2.24, 2.45) is 0 Å². The van der Waals surface area contributed by atoms with Crippen LogP contribution in [0.25, 0.3) is 0 Å². The third-order valence-corrected chi connectivity index (χ3v) is 3.45. The molecule has 92 valence electrons.